The number of rotatable bonds is 4. The van der Waals surface area contributed by atoms with Gasteiger partial charge in [0.1, 0.15) is 0 Å². The molecule has 98 valence electrons. The molecule has 0 heterocycles. The van der Waals surface area contributed by atoms with E-state index in [2.05, 4.69) is 0 Å². The van der Waals surface area contributed by atoms with Crippen molar-refractivity contribution in [1.82, 2.24) is 0 Å². The van der Waals surface area contributed by atoms with E-state index in [4.69, 9.17) is 9.84 Å². The van der Waals surface area contributed by atoms with Gasteiger partial charge >= 0.3 is 5.97 Å². The first-order chi connectivity index (χ1) is 8.69. The van der Waals surface area contributed by atoms with Crippen molar-refractivity contribution in [3.63, 3.8) is 0 Å². The van der Waals surface area contributed by atoms with Crippen molar-refractivity contribution >= 4 is 17.7 Å². The maximum atomic E-state index is 10.9. The Bertz CT molecular complexity index is 419. The fourth-order valence-corrected chi connectivity index (χ4v) is 3.65. The zero-order valence-corrected chi connectivity index (χ0v) is 11.3. The minimum atomic E-state index is -0.865. The number of carboxylic acids is 1. The Labute approximate surface area is 112 Å². The van der Waals surface area contributed by atoms with E-state index in [9.17, 15) is 4.79 Å². The van der Waals surface area contributed by atoms with Crippen molar-refractivity contribution in [2.24, 2.45) is 0 Å². The molecular weight excluding hydrogens is 248 g/mol. The molecule has 3 nitrogen and oxygen atoms in total. The number of methoxy groups -OCH3 is 1. The summed E-state index contributed by atoms with van der Waals surface area (Å²) in [4.78, 5) is 12.0. The van der Waals surface area contributed by atoms with Gasteiger partial charge in [0, 0.05) is 17.3 Å². The first-order valence-corrected chi connectivity index (χ1v) is 7.10. The van der Waals surface area contributed by atoms with Gasteiger partial charge in [0.2, 0.25) is 0 Å². The topological polar surface area (TPSA) is 46.5 Å². The van der Waals surface area contributed by atoms with Crippen LogP contribution in [0.3, 0.4) is 0 Å². The molecule has 2 atom stereocenters. The van der Waals surface area contributed by atoms with Crippen LogP contribution in [0.15, 0.2) is 29.2 Å². The minimum Gasteiger partial charge on any atom is -0.478 e. The third kappa shape index (κ3) is 3.50. The summed E-state index contributed by atoms with van der Waals surface area (Å²) in [5, 5.41) is 9.50. The number of ether oxygens (including phenoxy) is 1. The lowest BCUT2D eigenvalue weighted by molar-refractivity contribution is 0.0696. The van der Waals surface area contributed by atoms with E-state index in [1.54, 1.807) is 31.0 Å². The average Bonchev–Trinajstić information content (AvgIpc) is 2.39. The average molecular weight is 266 g/mol. The summed E-state index contributed by atoms with van der Waals surface area (Å²) >= 11 is 1.77. The van der Waals surface area contributed by atoms with Crippen LogP contribution < -0.4 is 0 Å². The summed E-state index contributed by atoms with van der Waals surface area (Å²) in [5.74, 6) is -0.865. The first-order valence-electron chi connectivity index (χ1n) is 6.22. The summed E-state index contributed by atoms with van der Waals surface area (Å²) in [6, 6.07) is 7.17. The maximum absolute atomic E-state index is 10.9. The van der Waals surface area contributed by atoms with Crippen molar-refractivity contribution in [1.29, 1.82) is 0 Å². The van der Waals surface area contributed by atoms with Crippen LogP contribution in [0.5, 0.6) is 0 Å². The lowest BCUT2D eigenvalue weighted by Gasteiger charge is -2.27. The van der Waals surface area contributed by atoms with Crippen LogP contribution in [0, 0.1) is 0 Å². The second kappa shape index (κ2) is 6.25. The molecule has 0 aliphatic heterocycles. The molecule has 0 radical (unpaired) electrons. The second-order valence-corrected chi connectivity index (χ2v) is 5.97. The fraction of sp³-hybridized carbons (Fsp3) is 0.500. The van der Waals surface area contributed by atoms with Crippen molar-refractivity contribution in [2.75, 3.05) is 7.11 Å². The lowest BCUT2D eigenvalue weighted by atomic mass is 9.97. The van der Waals surface area contributed by atoms with Crippen molar-refractivity contribution in [3.8, 4) is 0 Å². The summed E-state index contributed by atoms with van der Waals surface area (Å²) in [5.41, 5.74) is 0.360. The third-order valence-electron chi connectivity index (χ3n) is 3.30. The highest BCUT2D eigenvalue weighted by Crippen LogP contribution is 2.34. The predicted octanol–water partition coefficient (Wildman–Crippen LogP) is 3.43. The van der Waals surface area contributed by atoms with Crippen LogP contribution in [0.25, 0.3) is 0 Å². The van der Waals surface area contributed by atoms with Crippen LogP contribution in [0.2, 0.25) is 0 Å². The molecule has 0 saturated heterocycles. The second-order valence-electron chi connectivity index (χ2n) is 4.60. The fourth-order valence-electron chi connectivity index (χ4n) is 2.32. The number of benzene rings is 1. The molecule has 0 spiro atoms. The molecule has 0 aromatic heterocycles. The molecule has 1 N–H and O–H groups in total. The minimum absolute atomic E-state index is 0.360. The van der Waals surface area contributed by atoms with Gasteiger partial charge in [-0.1, -0.05) is 6.07 Å². The Balaban J connectivity index is 2.00. The molecule has 18 heavy (non-hydrogen) atoms. The summed E-state index contributed by atoms with van der Waals surface area (Å²) in [6.07, 6.45) is 4.93. The smallest absolute Gasteiger partial charge is 0.335 e. The molecular formula is C14H18O3S. The van der Waals surface area contributed by atoms with E-state index in [0.29, 0.717) is 16.9 Å². The van der Waals surface area contributed by atoms with E-state index in [-0.39, 0.29) is 0 Å². The normalized spacial score (nSPS) is 23.8. The Hall–Kier alpha value is -1.00. The lowest BCUT2D eigenvalue weighted by Crippen LogP contribution is -2.23. The van der Waals surface area contributed by atoms with Gasteiger partial charge in [-0.05, 0) is 43.9 Å². The standard InChI is InChI=1S/C14H18O3S/c1-17-11-5-3-7-13(9-11)18-12-6-2-4-10(8-12)14(15)16/h2,4,6,8,11,13H,3,5,7,9H2,1H3,(H,15,16). The van der Waals surface area contributed by atoms with Gasteiger partial charge in [-0.3, -0.25) is 0 Å². The van der Waals surface area contributed by atoms with Crippen LogP contribution in [0.4, 0.5) is 0 Å². The molecule has 0 amide bonds. The summed E-state index contributed by atoms with van der Waals surface area (Å²) < 4.78 is 5.41. The van der Waals surface area contributed by atoms with Gasteiger partial charge in [-0.15, -0.1) is 11.8 Å². The Morgan fingerprint density at radius 3 is 3.00 bits per heavy atom. The van der Waals surface area contributed by atoms with Gasteiger partial charge in [-0.25, -0.2) is 4.79 Å². The predicted molar refractivity (Wildman–Crippen MR) is 72.3 cm³/mol. The van der Waals surface area contributed by atoms with Gasteiger partial charge in [0.15, 0.2) is 0 Å². The summed E-state index contributed by atoms with van der Waals surface area (Å²) in [6.45, 7) is 0. The van der Waals surface area contributed by atoms with Crippen molar-refractivity contribution in [2.45, 2.75) is 41.9 Å². The van der Waals surface area contributed by atoms with E-state index in [1.165, 1.54) is 12.8 Å². The summed E-state index contributed by atoms with van der Waals surface area (Å²) in [7, 11) is 1.77. The van der Waals surface area contributed by atoms with Crippen molar-refractivity contribution in [3.05, 3.63) is 29.8 Å². The molecule has 1 aromatic rings. The largest absolute Gasteiger partial charge is 0.478 e. The quantitative estimate of drug-likeness (QED) is 0.907. The molecule has 1 aromatic carbocycles. The monoisotopic (exact) mass is 266 g/mol. The zero-order valence-electron chi connectivity index (χ0n) is 10.5. The van der Waals surface area contributed by atoms with Crippen LogP contribution in [-0.2, 0) is 4.74 Å². The van der Waals surface area contributed by atoms with Gasteiger partial charge < -0.3 is 9.84 Å². The van der Waals surface area contributed by atoms with E-state index in [1.807, 2.05) is 12.1 Å². The Morgan fingerprint density at radius 1 is 1.44 bits per heavy atom. The van der Waals surface area contributed by atoms with Crippen LogP contribution in [0.1, 0.15) is 36.0 Å². The number of hydrogen-bond acceptors (Lipinski definition) is 3. The number of carbonyl (C=O) groups is 1. The number of thioether (sulfide) groups is 1. The Morgan fingerprint density at radius 2 is 2.28 bits per heavy atom. The number of hydrogen-bond donors (Lipinski definition) is 1. The van der Waals surface area contributed by atoms with Gasteiger partial charge in [0.05, 0.1) is 11.7 Å². The molecule has 2 unspecified atom stereocenters. The van der Waals surface area contributed by atoms with E-state index >= 15 is 0 Å². The molecule has 1 aliphatic carbocycles. The van der Waals surface area contributed by atoms with Crippen LogP contribution >= 0.6 is 11.8 Å². The molecule has 2 rings (SSSR count). The van der Waals surface area contributed by atoms with Crippen molar-refractivity contribution < 1.29 is 14.6 Å². The molecule has 1 aliphatic rings. The van der Waals surface area contributed by atoms with E-state index in [0.717, 1.165) is 17.7 Å². The Kier molecular flexibility index (Phi) is 4.66. The molecule has 1 saturated carbocycles. The highest BCUT2D eigenvalue weighted by atomic mass is 32.2. The SMILES string of the molecule is COC1CCCC(Sc2cccc(C(=O)O)c2)C1. The maximum Gasteiger partial charge on any atom is 0.335 e. The third-order valence-corrected chi connectivity index (χ3v) is 4.58. The zero-order chi connectivity index (χ0) is 13.0. The highest BCUT2D eigenvalue weighted by molar-refractivity contribution is 8.00. The molecule has 1 fully saturated rings. The van der Waals surface area contributed by atoms with Crippen LogP contribution in [-0.4, -0.2) is 29.5 Å². The van der Waals surface area contributed by atoms with Gasteiger partial charge in [-0.2, -0.15) is 0 Å². The van der Waals surface area contributed by atoms with E-state index < -0.39 is 5.97 Å². The first kappa shape index (κ1) is 13.4. The number of carboxylic acid groups (broad SMARTS) is 1. The molecule has 4 heteroatoms. The van der Waals surface area contributed by atoms with Gasteiger partial charge in [0.25, 0.3) is 0 Å². The molecule has 0 bridgehead atoms. The number of aromatic carboxylic acids is 1. The highest BCUT2D eigenvalue weighted by Gasteiger charge is 2.22.